The molecule has 0 N–H and O–H groups in total. The second-order valence-electron chi connectivity index (χ2n) is 12.5. The number of carbonyl (C=O) groups excluding carboxylic acids is 3. The molecular formula is C32H59NO5. The Morgan fingerprint density at radius 2 is 1.00 bits per heavy atom. The summed E-state index contributed by atoms with van der Waals surface area (Å²) in [5.41, 5.74) is -1.17. The van der Waals surface area contributed by atoms with Gasteiger partial charge in [0.05, 0.1) is 23.9 Å². The molecule has 0 fully saturated rings. The highest BCUT2D eigenvalue weighted by molar-refractivity contribution is 5.77. The van der Waals surface area contributed by atoms with Crippen LogP contribution in [0.1, 0.15) is 138 Å². The first-order valence-electron chi connectivity index (χ1n) is 15.2. The smallest absolute Gasteiger partial charge is 0.311 e. The van der Waals surface area contributed by atoms with E-state index in [-0.39, 0.29) is 31.1 Å². The molecule has 0 aromatic rings. The van der Waals surface area contributed by atoms with Crippen molar-refractivity contribution in [3.05, 3.63) is 12.2 Å². The van der Waals surface area contributed by atoms with Gasteiger partial charge in [0.25, 0.3) is 0 Å². The second kappa shape index (κ2) is 21.0. The lowest BCUT2D eigenvalue weighted by atomic mass is 9.97. The van der Waals surface area contributed by atoms with Crippen molar-refractivity contribution in [3.8, 4) is 0 Å². The van der Waals surface area contributed by atoms with Gasteiger partial charge in [-0.15, -0.1) is 0 Å². The summed E-state index contributed by atoms with van der Waals surface area (Å²) >= 11 is 0. The van der Waals surface area contributed by atoms with E-state index in [2.05, 4.69) is 19.1 Å². The number of allylic oxidation sites excluding steroid dienone is 2. The van der Waals surface area contributed by atoms with E-state index in [0.717, 1.165) is 25.7 Å². The van der Waals surface area contributed by atoms with Crippen molar-refractivity contribution < 1.29 is 23.9 Å². The Kier molecular flexibility index (Phi) is 20.0. The van der Waals surface area contributed by atoms with Crippen LogP contribution < -0.4 is 0 Å². The maximum Gasteiger partial charge on any atom is 0.311 e. The van der Waals surface area contributed by atoms with Gasteiger partial charge in [-0.1, -0.05) is 70.4 Å². The molecule has 38 heavy (non-hydrogen) atoms. The maximum atomic E-state index is 12.9. The molecule has 0 aliphatic carbocycles. The number of rotatable bonds is 21. The fraction of sp³-hybridized carbons (Fsp3) is 0.844. The monoisotopic (exact) mass is 537 g/mol. The zero-order chi connectivity index (χ0) is 28.9. The fourth-order valence-electron chi connectivity index (χ4n) is 3.80. The molecule has 222 valence electrons. The van der Waals surface area contributed by atoms with Gasteiger partial charge in [0.1, 0.15) is 13.2 Å². The van der Waals surface area contributed by atoms with Crippen LogP contribution in [0.2, 0.25) is 0 Å². The number of hydrogen-bond donors (Lipinski definition) is 0. The molecule has 6 nitrogen and oxygen atoms in total. The lowest BCUT2D eigenvalue weighted by Gasteiger charge is -2.25. The summed E-state index contributed by atoms with van der Waals surface area (Å²) < 4.78 is 10.7. The van der Waals surface area contributed by atoms with E-state index in [9.17, 15) is 14.4 Å². The molecule has 0 radical (unpaired) electrons. The number of unbranched alkanes of at least 4 members (excludes halogenated alkanes) is 11. The molecule has 0 aromatic carbocycles. The van der Waals surface area contributed by atoms with Crippen molar-refractivity contribution in [2.75, 3.05) is 26.3 Å². The van der Waals surface area contributed by atoms with Gasteiger partial charge in [-0.2, -0.15) is 0 Å². The summed E-state index contributed by atoms with van der Waals surface area (Å²) in [6, 6.07) is 0. The van der Waals surface area contributed by atoms with Crippen LogP contribution in [0.5, 0.6) is 0 Å². The van der Waals surface area contributed by atoms with Crippen LogP contribution in [0, 0.1) is 10.8 Å². The average Bonchev–Trinajstić information content (AvgIpc) is 2.83. The molecule has 0 spiro atoms. The maximum absolute atomic E-state index is 12.9. The highest BCUT2D eigenvalue weighted by Gasteiger charge is 2.25. The van der Waals surface area contributed by atoms with Crippen LogP contribution in [0.15, 0.2) is 12.2 Å². The molecule has 0 rings (SSSR count). The summed E-state index contributed by atoms with van der Waals surface area (Å²) in [4.78, 5) is 38.6. The van der Waals surface area contributed by atoms with Gasteiger partial charge in [-0.05, 0) is 73.6 Å². The van der Waals surface area contributed by atoms with E-state index in [0.29, 0.717) is 19.5 Å². The molecular weight excluding hydrogens is 478 g/mol. The third-order valence-electron chi connectivity index (χ3n) is 6.42. The lowest BCUT2D eigenvalue weighted by Crippen LogP contribution is -2.38. The third-order valence-corrected chi connectivity index (χ3v) is 6.42. The van der Waals surface area contributed by atoms with Gasteiger partial charge in [0.2, 0.25) is 5.91 Å². The molecule has 6 heteroatoms. The largest absolute Gasteiger partial charge is 0.463 e. The molecule has 0 atom stereocenters. The standard InChI is InChI=1S/C32H59NO5/c1-8-9-10-11-12-13-14-15-16-17-18-19-20-21-22-23-28(34)33(24-26-37-29(35)31(2,3)4)25-27-38-30(36)32(5,6)7/h15-16H,8-14,17-27H2,1-7H3/b16-15+. The van der Waals surface area contributed by atoms with Gasteiger partial charge < -0.3 is 14.4 Å². The number of nitrogens with zero attached hydrogens (tertiary/aromatic N) is 1. The number of carbonyl (C=O) groups is 3. The predicted octanol–water partition coefficient (Wildman–Crippen LogP) is 8.03. The zero-order valence-corrected chi connectivity index (χ0v) is 25.9. The van der Waals surface area contributed by atoms with Crippen molar-refractivity contribution in [2.24, 2.45) is 10.8 Å². The van der Waals surface area contributed by atoms with Crippen LogP contribution in [-0.4, -0.2) is 49.0 Å². The first-order chi connectivity index (χ1) is 17.9. The Labute approximate surface area is 234 Å². The van der Waals surface area contributed by atoms with E-state index < -0.39 is 10.8 Å². The molecule has 0 aliphatic rings. The van der Waals surface area contributed by atoms with E-state index in [4.69, 9.17) is 9.47 Å². The topological polar surface area (TPSA) is 72.9 Å². The molecule has 0 saturated heterocycles. The lowest BCUT2D eigenvalue weighted by molar-refractivity contribution is -0.155. The highest BCUT2D eigenvalue weighted by Crippen LogP contribution is 2.16. The Balaban J connectivity index is 4.22. The van der Waals surface area contributed by atoms with Crippen molar-refractivity contribution in [2.45, 2.75) is 138 Å². The number of hydrogen-bond acceptors (Lipinski definition) is 5. The molecule has 0 saturated carbocycles. The molecule has 0 bridgehead atoms. The number of ether oxygens (including phenoxy) is 2. The normalized spacial score (nSPS) is 12.1. The first-order valence-corrected chi connectivity index (χ1v) is 15.2. The minimum Gasteiger partial charge on any atom is -0.463 e. The summed E-state index contributed by atoms with van der Waals surface area (Å²) in [5.74, 6) is -0.566. The number of esters is 2. The van der Waals surface area contributed by atoms with Gasteiger partial charge in [0, 0.05) is 6.42 Å². The van der Waals surface area contributed by atoms with Crippen molar-refractivity contribution >= 4 is 17.8 Å². The number of amides is 1. The minimum atomic E-state index is -0.583. The van der Waals surface area contributed by atoms with Gasteiger partial charge in [0.15, 0.2) is 0 Å². The third kappa shape index (κ3) is 20.2. The van der Waals surface area contributed by atoms with Crippen molar-refractivity contribution in [1.29, 1.82) is 0 Å². The summed E-state index contributed by atoms with van der Waals surface area (Å²) in [5, 5.41) is 0. The van der Waals surface area contributed by atoms with Crippen molar-refractivity contribution in [3.63, 3.8) is 0 Å². The van der Waals surface area contributed by atoms with E-state index in [1.807, 2.05) is 0 Å². The van der Waals surface area contributed by atoms with E-state index >= 15 is 0 Å². The molecule has 0 unspecified atom stereocenters. The predicted molar refractivity (Wildman–Crippen MR) is 157 cm³/mol. The Morgan fingerprint density at radius 3 is 1.42 bits per heavy atom. The SMILES string of the molecule is CCCCCCCC/C=C/CCCCCCCC(=O)N(CCOC(=O)C(C)(C)C)CCOC(=O)C(C)(C)C. The summed E-state index contributed by atoms with van der Waals surface area (Å²) in [6.45, 7) is 14.0. The van der Waals surface area contributed by atoms with Crippen LogP contribution in [-0.2, 0) is 23.9 Å². The molecule has 1 amide bonds. The van der Waals surface area contributed by atoms with E-state index in [1.165, 1.54) is 57.8 Å². The Hall–Kier alpha value is -1.85. The summed E-state index contributed by atoms with van der Waals surface area (Å²) in [6.07, 6.45) is 20.9. The Bertz CT molecular complexity index is 640. The van der Waals surface area contributed by atoms with Gasteiger partial charge in [-0.25, -0.2) is 0 Å². The van der Waals surface area contributed by atoms with Crippen LogP contribution in [0.3, 0.4) is 0 Å². The quantitative estimate of drug-likeness (QED) is 0.0841. The molecule has 0 heterocycles. The highest BCUT2D eigenvalue weighted by atomic mass is 16.5. The molecule has 0 aliphatic heterocycles. The Morgan fingerprint density at radius 1 is 0.605 bits per heavy atom. The van der Waals surface area contributed by atoms with Gasteiger partial charge >= 0.3 is 11.9 Å². The van der Waals surface area contributed by atoms with Crippen LogP contribution >= 0.6 is 0 Å². The summed E-state index contributed by atoms with van der Waals surface area (Å²) in [7, 11) is 0. The van der Waals surface area contributed by atoms with E-state index in [1.54, 1.807) is 46.4 Å². The first kappa shape index (κ1) is 36.1. The molecule has 0 aromatic heterocycles. The minimum absolute atomic E-state index is 0.0150. The second-order valence-corrected chi connectivity index (χ2v) is 12.5. The van der Waals surface area contributed by atoms with Crippen LogP contribution in [0.25, 0.3) is 0 Å². The van der Waals surface area contributed by atoms with Crippen molar-refractivity contribution in [1.82, 2.24) is 4.90 Å². The zero-order valence-electron chi connectivity index (χ0n) is 25.9. The average molecular weight is 538 g/mol. The van der Waals surface area contributed by atoms with Crippen LogP contribution in [0.4, 0.5) is 0 Å². The van der Waals surface area contributed by atoms with Gasteiger partial charge in [-0.3, -0.25) is 14.4 Å². The fourth-order valence-corrected chi connectivity index (χ4v) is 3.80.